The lowest BCUT2D eigenvalue weighted by Crippen LogP contribution is -1.91. The Labute approximate surface area is 159 Å². The summed E-state index contributed by atoms with van der Waals surface area (Å²) in [5, 5.41) is 0.938. The predicted octanol–water partition coefficient (Wildman–Crippen LogP) is 6.72. The molecule has 1 aromatic rings. The summed E-state index contributed by atoms with van der Waals surface area (Å²) >= 11 is 12.6. The van der Waals surface area contributed by atoms with Crippen molar-refractivity contribution in [2.24, 2.45) is 0 Å². The molecule has 0 saturated carbocycles. The van der Waals surface area contributed by atoms with Gasteiger partial charge in [-0.1, -0.05) is 53.1 Å². The monoisotopic (exact) mass is 384 g/mol. The van der Waals surface area contributed by atoms with Crippen LogP contribution in [0.5, 0.6) is 5.75 Å². The molecule has 0 aliphatic rings. The molecule has 0 N–H and O–H groups in total. The van der Waals surface area contributed by atoms with Gasteiger partial charge in [0.15, 0.2) is 0 Å². The molecule has 5 heteroatoms. The molecule has 2 nitrogen and oxygen atoms in total. The molecule has 0 aliphatic heterocycles. The van der Waals surface area contributed by atoms with E-state index in [0.717, 1.165) is 11.1 Å². The molecule has 0 amide bonds. The molecule has 136 valence electrons. The molecular formula is C20H23Cl2FO2. The van der Waals surface area contributed by atoms with Crippen LogP contribution in [0.15, 0.2) is 47.3 Å². The Balaban J connectivity index is 3.05. The maximum absolute atomic E-state index is 14.2. The quantitative estimate of drug-likeness (QED) is 0.485. The normalized spacial score (nSPS) is 13.7. The van der Waals surface area contributed by atoms with E-state index in [1.165, 1.54) is 6.08 Å². The smallest absolute Gasteiger partial charge is 0.126 e. The zero-order valence-corrected chi connectivity index (χ0v) is 16.6. The summed E-state index contributed by atoms with van der Waals surface area (Å²) in [6.07, 6.45) is 8.34. The fourth-order valence-electron chi connectivity index (χ4n) is 1.99. The van der Waals surface area contributed by atoms with Crippen LogP contribution in [-0.4, -0.2) is 20.8 Å². The average Bonchev–Trinajstić information content (AvgIpc) is 2.60. The van der Waals surface area contributed by atoms with Gasteiger partial charge >= 0.3 is 0 Å². The molecule has 0 heterocycles. The van der Waals surface area contributed by atoms with Crippen LogP contribution in [-0.2, 0) is 4.74 Å². The first-order valence-corrected chi connectivity index (χ1v) is 8.48. The Bertz CT molecular complexity index is 732. The van der Waals surface area contributed by atoms with E-state index < -0.39 is 0 Å². The molecule has 0 bridgehead atoms. The van der Waals surface area contributed by atoms with E-state index in [1.54, 1.807) is 45.4 Å². The van der Waals surface area contributed by atoms with Crippen LogP contribution in [0.4, 0.5) is 4.39 Å². The minimum absolute atomic E-state index is 0.334. The van der Waals surface area contributed by atoms with Crippen LogP contribution in [0.2, 0.25) is 10.0 Å². The SMILES string of the molecule is COC/C=C(C)/C=C/C(F)=C(C)\C=C\c1c(Cl)cc(OC)c(C)c1Cl. The van der Waals surface area contributed by atoms with E-state index in [1.807, 2.05) is 19.9 Å². The van der Waals surface area contributed by atoms with Crippen molar-refractivity contribution in [1.82, 2.24) is 0 Å². The first-order chi connectivity index (χ1) is 11.8. The van der Waals surface area contributed by atoms with Crippen LogP contribution in [0.25, 0.3) is 6.08 Å². The molecule has 1 aromatic carbocycles. The van der Waals surface area contributed by atoms with E-state index in [9.17, 15) is 4.39 Å². The summed E-state index contributed by atoms with van der Waals surface area (Å²) in [7, 11) is 3.17. The third-order valence-corrected chi connectivity index (χ3v) is 4.41. The fraction of sp³-hybridized carbons (Fsp3) is 0.300. The van der Waals surface area contributed by atoms with Crippen LogP contribution >= 0.6 is 23.2 Å². The topological polar surface area (TPSA) is 18.5 Å². The molecule has 0 unspecified atom stereocenters. The molecular weight excluding hydrogens is 362 g/mol. The molecule has 0 aliphatic carbocycles. The van der Waals surface area contributed by atoms with Crippen molar-refractivity contribution in [3.63, 3.8) is 0 Å². The Morgan fingerprint density at radius 3 is 2.44 bits per heavy atom. The highest BCUT2D eigenvalue weighted by Crippen LogP contribution is 2.36. The van der Waals surface area contributed by atoms with Crippen LogP contribution in [0.1, 0.15) is 25.0 Å². The van der Waals surface area contributed by atoms with E-state index in [2.05, 4.69) is 0 Å². The summed E-state index contributed by atoms with van der Waals surface area (Å²) in [6, 6.07) is 1.70. The van der Waals surface area contributed by atoms with Crippen molar-refractivity contribution in [2.75, 3.05) is 20.8 Å². The number of ether oxygens (including phenoxy) is 2. The van der Waals surface area contributed by atoms with Crippen molar-refractivity contribution in [2.45, 2.75) is 20.8 Å². The van der Waals surface area contributed by atoms with Gasteiger partial charge in [-0.2, -0.15) is 0 Å². The van der Waals surface area contributed by atoms with Crippen LogP contribution in [0, 0.1) is 6.92 Å². The number of allylic oxidation sites excluding steroid dienone is 6. The maximum Gasteiger partial charge on any atom is 0.126 e. The molecule has 0 spiro atoms. The number of benzene rings is 1. The van der Waals surface area contributed by atoms with Gasteiger partial charge in [-0.25, -0.2) is 4.39 Å². The Morgan fingerprint density at radius 1 is 1.16 bits per heavy atom. The van der Waals surface area contributed by atoms with Gasteiger partial charge < -0.3 is 9.47 Å². The second-order valence-electron chi connectivity index (χ2n) is 5.51. The van der Waals surface area contributed by atoms with Gasteiger partial charge in [0.25, 0.3) is 0 Å². The number of rotatable bonds is 7. The van der Waals surface area contributed by atoms with Crippen molar-refractivity contribution in [3.8, 4) is 5.75 Å². The highest BCUT2D eigenvalue weighted by molar-refractivity contribution is 6.38. The number of halogens is 3. The molecule has 0 fully saturated rings. The lowest BCUT2D eigenvalue weighted by molar-refractivity contribution is 0.233. The number of methoxy groups -OCH3 is 2. The predicted molar refractivity (Wildman–Crippen MR) is 105 cm³/mol. The minimum Gasteiger partial charge on any atom is -0.496 e. The summed E-state index contributed by atoms with van der Waals surface area (Å²) in [5.74, 6) is 0.283. The number of hydrogen-bond acceptors (Lipinski definition) is 2. The second kappa shape index (κ2) is 10.4. The summed E-state index contributed by atoms with van der Waals surface area (Å²) in [6.45, 7) is 5.90. The standard InChI is InChI=1S/C20H23Cl2FO2/c1-13(10-11-24-4)6-9-18(23)14(2)7-8-16-17(21)12-19(25-5)15(3)20(16)22/h6-10,12H,11H2,1-5H3/b8-7+,9-6+,13-10+,18-14+. The van der Waals surface area contributed by atoms with Gasteiger partial charge in [-0.05, 0) is 38.5 Å². The molecule has 0 saturated heterocycles. The van der Waals surface area contributed by atoms with Gasteiger partial charge in [0, 0.05) is 18.2 Å². The van der Waals surface area contributed by atoms with Crippen molar-refractivity contribution in [3.05, 3.63) is 68.5 Å². The van der Waals surface area contributed by atoms with Gasteiger partial charge in [0.2, 0.25) is 0 Å². The van der Waals surface area contributed by atoms with E-state index in [-0.39, 0.29) is 5.83 Å². The Kier molecular flexibility index (Phi) is 8.98. The highest BCUT2D eigenvalue weighted by atomic mass is 35.5. The van der Waals surface area contributed by atoms with Gasteiger partial charge in [-0.3, -0.25) is 0 Å². The third-order valence-electron chi connectivity index (χ3n) is 3.61. The summed E-state index contributed by atoms with van der Waals surface area (Å²) in [5.41, 5.74) is 2.81. The third kappa shape index (κ3) is 6.35. The van der Waals surface area contributed by atoms with Crippen molar-refractivity contribution < 1.29 is 13.9 Å². The van der Waals surface area contributed by atoms with E-state index >= 15 is 0 Å². The number of hydrogen-bond donors (Lipinski definition) is 0. The molecule has 0 radical (unpaired) electrons. The molecule has 0 atom stereocenters. The fourth-order valence-corrected chi connectivity index (χ4v) is 2.55. The lowest BCUT2D eigenvalue weighted by Gasteiger charge is -2.10. The van der Waals surface area contributed by atoms with Crippen molar-refractivity contribution >= 4 is 29.3 Å². The first-order valence-electron chi connectivity index (χ1n) is 7.72. The van der Waals surface area contributed by atoms with Crippen molar-refractivity contribution in [1.29, 1.82) is 0 Å². The second-order valence-corrected chi connectivity index (χ2v) is 6.30. The molecule has 0 aromatic heterocycles. The summed E-state index contributed by atoms with van der Waals surface area (Å²) in [4.78, 5) is 0. The molecule has 1 rings (SSSR count). The zero-order chi connectivity index (χ0) is 19.0. The lowest BCUT2D eigenvalue weighted by atomic mass is 10.1. The van der Waals surface area contributed by atoms with E-state index in [0.29, 0.717) is 33.5 Å². The largest absolute Gasteiger partial charge is 0.496 e. The zero-order valence-electron chi connectivity index (χ0n) is 15.1. The Morgan fingerprint density at radius 2 is 1.84 bits per heavy atom. The van der Waals surface area contributed by atoms with Crippen LogP contribution in [0.3, 0.4) is 0 Å². The minimum atomic E-state index is -0.334. The first kappa shape index (κ1) is 21.5. The van der Waals surface area contributed by atoms with Gasteiger partial charge in [0.1, 0.15) is 11.6 Å². The highest BCUT2D eigenvalue weighted by Gasteiger charge is 2.11. The van der Waals surface area contributed by atoms with Crippen LogP contribution < -0.4 is 4.74 Å². The molecule has 25 heavy (non-hydrogen) atoms. The van der Waals surface area contributed by atoms with Gasteiger partial charge in [-0.15, -0.1) is 0 Å². The van der Waals surface area contributed by atoms with Gasteiger partial charge in [0.05, 0.1) is 23.8 Å². The maximum atomic E-state index is 14.2. The summed E-state index contributed by atoms with van der Waals surface area (Å²) < 4.78 is 24.3. The average molecular weight is 385 g/mol. The van der Waals surface area contributed by atoms with E-state index in [4.69, 9.17) is 32.7 Å². The Hall–Kier alpha value is -1.55.